The molecule has 0 aliphatic heterocycles. The molecular formula is C15H15N3S. The molecule has 19 heavy (non-hydrogen) atoms. The molecule has 0 aliphatic rings. The van der Waals surface area contributed by atoms with Crippen molar-refractivity contribution in [3.05, 3.63) is 64.1 Å². The quantitative estimate of drug-likeness (QED) is 0.764. The summed E-state index contributed by atoms with van der Waals surface area (Å²) in [6.07, 6.45) is 2.78. The van der Waals surface area contributed by atoms with Crippen LogP contribution in [-0.2, 0) is 13.0 Å². The Bertz CT molecular complexity index is 656. The molecule has 4 heteroatoms. The summed E-state index contributed by atoms with van der Waals surface area (Å²) in [5, 5.41) is 3.22. The number of H-pyrrole nitrogens is 1. The van der Waals surface area contributed by atoms with E-state index in [2.05, 4.69) is 39.6 Å². The summed E-state index contributed by atoms with van der Waals surface area (Å²) < 4.78 is 0. The van der Waals surface area contributed by atoms with Gasteiger partial charge in [0, 0.05) is 24.5 Å². The Morgan fingerprint density at radius 3 is 2.84 bits per heavy atom. The van der Waals surface area contributed by atoms with Crippen molar-refractivity contribution in [1.82, 2.24) is 9.97 Å². The van der Waals surface area contributed by atoms with Crippen LogP contribution in [0.15, 0.2) is 48.0 Å². The predicted molar refractivity (Wildman–Crippen MR) is 79.0 cm³/mol. The zero-order chi connectivity index (χ0) is 13.1. The van der Waals surface area contributed by atoms with E-state index in [9.17, 15) is 0 Å². The lowest BCUT2D eigenvalue weighted by Crippen LogP contribution is -1.97. The lowest BCUT2D eigenvalue weighted by molar-refractivity contribution is 1.05. The van der Waals surface area contributed by atoms with Crippen LogP contribution in [0.25, 0.3) is 11.4 Å². The fraction of sp³-hybridized carbons (Fsp3) is 0.133. The fourth-order valence-corrected chi connectivity index (χ4v) is 2.88. The zero-order valence-electron chi connectivity index (χ0n) is 10.5. The molecule has 2 heterocycles. The number of hydrogen-bond donors (Lipinski definition) is 2. The first kappa shape index (κ1) is 12.1. The molecule has 0 saturated carbocycles. The van der Waals surface area contributed by atoms with Crippen molar-refractivity contribution in [2.45, 2.75) is 13.0 Å². The van der Waals surface area contributed by atoms with Gasteiger partial charge < -0.3 is 10.7 Å². The smallest absolute Gasteiger partial charge is 0.0977 e. The molecule has 2 aromatic heterocycles. The van der Waals surface area contributed by atoms with E-state index in [0.29, 0.717) is 6.54 Å². The fourth-order valence-electron chi connectivity index (χ4n) is 2.05. The predicted octanol–water partition coefficient (Wildman–Crippen LogP) is 3.19. The maximum absolute atomic E-state index is 5.66. The van der Waals surface area contributed by atoms with Gasteiger partial charge in [0.05, 0.1) is 16.4 Å². The average molecular weight is 269 g/mol. The lowest BCUT2D eigenvalue weighted by Gasteiger charge is -2.01. The van der Waals surface area contributed by atoms with Gasteiger partial charge in [-0.25, -0.2) is 4.98 Å². The van der Waals surface area contributed by atoms with Gasteiger partial charge >= 0.3 is 0 Å². The highest BCUT2D eigenvalue weighted by atomic mass is 32.1. The molecule has 0 amide bonds. The van der Waals surface area contributed by atoms with Crippen molar-refractivity contribution < 1.29 is 0 Å². The zero-order valence-corrected chi connectivity index (χ0v) is 11.3. The van der Waals surface area contributed by atoms with Gasteiger partial charge in [-0.1, -0.05) is 24.3 Å². The lowest BCUT2D eigenvalue weighted by atomic mass is 10.1. The van der Waals surface area contributed by atoms with Crippen LogP contribution < -0.4 is 5.73 Å². The summed E-state index contributed by atoms with van der Waals surface area (Å²) in [4.78, 5) is 7.84. The number of nitrogens with one attached hydrogen (secondary N) is 1. The Balaban J connectivity index is 1.80. The van der Waals surface area contributed by atoms with E-state index < -0.39 is 0 Å². The van der Waals surface area contributed by atoms with E-state index in [-0.39, 0.29) is 0 Å². The van der Waals surface area contributed by atoms with E-state index in [1.165, 1.54) is 11.1 Å². The highest BCUT2D eigenvalue weighted by molar-refractivity contribution is 7.10. The molecule has 0 fully saturated rings. The number of benzene rings is 1. The first-order chi connectivity index (χ1) is 9.35. The van der Waals surface area contributed by atoms with Gasteiger partial charge in [0.2, 0.25) is 0 Å². The summed E-state index contributed by atoms with van der Waals surface area (Å²) in [5.74, 6) is 0. The van der Waals surface area contributed by atoms with E-state index in [0.717, 1.165) is 22.8 Å². The number of thiazole rings is 1. The second kappa shape index (κ2) is 5.38. The third-order valence-corrected chi connectivity index (χ3v) is 3.86. The Kier molecular flexibility index (Phi) is 3.44. The van der Waals surface area contributed by atoms with Crippen molar-refractivity contribution in [2.75, 3.05) is 0 Å². The molecule has 3 N–H and O–H groups in total. The summed E-state index contributed by atoms with van der Waals surface area (Å²) in [5.41, 5.74) is 10.2. The minimum Gasteiger partial charge on any atom is -0.360 e. The molecule has 0 spiro atoms. The third kappa shape index (κ3) is 2.75. The highest BCUT2D eigenvalue weighted by Crippen LogP contribution is 2.22. The number of aromatic nitrogens is 2. The van der Waals surface area contributed by atoms with Crippen LogP contribution in [0.3, 0.4) is 0 Å². The first-order valence-electron chi connectivity index (χ1n) is 6.21. The molecule has 0 saturated heterocycles. The standard InChI is InChI=1S/C15H15N3S/c16-9-12-4-1-3-11(7-12)8-15-18-14(10-19-15)13-5-2-6-17-13/h1-7,10,17H,8-9,16H2. The van der Waals surface area contributed by atoms with E-state index in [1.54, 1.807) is 11.3 Å². The van der Waals surface area contributed by atoms with Gasteiger partial charge in [0.1, 0.15) is 0 Å². The monoisotopic (exact) mass is 269 g/mol. The highest BCUT2D eigenvalue weighted by Gasteiger charge is 2.06. The molecule has 1 aromatic carbocycles. The van der Waals surface area contributed by atoms with Crippen LogP contribution >= 0.6 is 11.3 Å². The molecule has 3 aromatic rings. The van der Waals surface area contributed by atoms with E-state index >= 15 is 0 Å². The minimum atomic E-state index is 0.583. The summed E-state index contributed by atoms with van der Waals surface area (Å²) in [7, 11) is 0. The van der Waals surface area contributed by atoms with Crippen molar-refractivity contribution in [1.29, 1.82) is 0 Å². The molecular weight excluding hydrogens is 254 g/mol. The molecule has 0 unspecified atom stereocenters. The van der Waals surface area contributed by atoms with Crippen LogP contribution in [-0.4, -0.2) is 9.97 Å². The minimum absolute atomic E-state index is 0.583. The topological polar surface area (TPSA) is 54.7 Å². The normalized spacial score (nSPS) is 10.8. The van der Waals surface area contributed by atoms with Crippen molar-refractivity contribution in [3.8, 4) is 11.4 Å². The molecule has 96 valence electrons. The van der Waals surface area contributed by atoms with E-state index in [4.69, 9.17) is 5.73 Å². The number of rotatable bonds is 4. The van der Waals surface area contributed by atoms with Gasteiger partial charge in [0.25, 0.3) is 0 Å². The van der Waals surface area contributed by atoms with Gasteiger partial charge in [-0.3, -0.25) is 0 Å². The second-order valence-corrected chi connectivity index (χ2v) is 5.35. The van der Waals surface area contributed by atoms with Crippen LogP contribution in [0.2, 0.25) is 0 Å². The molecule has 0 atom stereocenters. The SMILES string of the molecule is NCc1cccc(Cc2nc(-c3ccc[nH]3)cs2)c1. The molecule has 3 rings (SSSR count). The molecule has 0 bridgehead atoms. The van der Waals surface area contributed by atoms with Crippen molar-refractivity contribution in [3.63, 3.8) is 0 Å². The van der Waals surface area contributed by atoms with Gasteiger partial charge in [0.15, 0.2) is 0 Å². The maximum atomic E-state index is 5.66. The number of nitrogens with two attached hydrogens (primary N) is 1. The Hall–Kier alpha value is -1.91. The van der Waals surface area contributed by atoms with Crippen molar-refractivity contribution in [2.24, 2.45) is 5.73 Å². The van der Waals surface area contributed by atoms with Gasteiger partial charge in [-0.15, -0.1) is 11.3 Å². The number of hydrogen-bond acceptors (Lipinski definition) is 3. The van der Waals surface area contributed by atoms with Gasteiger partial charge in [-0.05, 0) is 23.3 Å². The molecule has 0 aliphatic carbocycles. The first-order valence-corrected chi connectivity index (χ1v) is 7.09. The van der Waals surface area contributed by atoms with Crippen LogP contribution in [0.4, 0.5) is 0 Å². The molecule has 3 nitrogen and oxygen atoms in total. The number of aromatic amines is 1. The van der Waals surface area contributed by atoms with Crippen LogP contribution in [0.1, 0.15) is 16.1 Å². The molecule has 0 radical (unpaired) electrons. The summed E-state index contributed by atoms with van der Waals surface area (Å²) in [6.45, 7) is 0.583. The average Bonchev–Trinajstić information content (AvgIpc) is 3.09. The van der Waals surface area contributed by atoms with Gasteiger partial charge in [-0.2, -0.15) is 0 Å². The number of nitrogens with zero attached hydrogens (tertiary/aromatic N) is 1. The Morgan fingerprint density at radius 2 is 2.05 bits per heavy atom. The Morgan fingerprint density at radius 1 is 1.16 bits per heavy atom. The summed E-state index contributed by atoms with van der Waals surface area (Å²) >= 11 is 1.69. The third-order valence-electron chi connectivity index (χ3n) is 3.01. The second-order valence-electron chi connectivity index (χ2n) is 4.41. The maximum Gasteiger partial charge on any atom is 0.0977 e. The Labute approximate surface area is 116 Å². The largest absolute Gasteiger partial charge is 0.360 e. The summed E-state index contributed by atoms with van der Waals surface area (Å²) in [6, 6.07) is 12.4. The van der Waals surface area contributed by atoms with Crippen LogP contribution in [0, 0.1) is 0 Å². The van der Waals surface area contributed by atoms with Crippen LogP contribution in [0.5, 0.6) is 0 Å². The van der Waals surface area contributed by atoms with E-state index in [1.807, 2.05) is 18.3 Å². The van der Waals surface area contributed by atoms with Crippen molar-refractivity contribution >= 4 is 11.3 Å².